The second-order valence-corrected chi connectivity index (χ2v) is 6.38. The minimum atomic E-state index is -3.77. The molecule has 124 valence electrons. The first-order valence-corrected chi connectivity index (χ1v) is 8.16. The Bertz CT molecular complexity index is 739. The predicted molar refractivity (Wildman–Crippen MR) is 85.1 cm³/mol. The summed E-state index contributed by atoms with van der Waals surface area (Å²) >= 11 is 0. The highest BCUT2D eigenvalue weighted by Crippen LogP contribution is 2.17. The summed E-state index contributed by atoms with van der Waals surface area (Å²) in [6, 6.07) is 7.38. The number of methoxy groups -OCH3 is 2. The van der Waals surface area contributed by atoms with Gasteiger partial charge in [0, 0.05) is 26.0 Å². The van der Waals surface area contributed by atoms with Crippen molar-refractivity contribution in [1.29, 1.82) is 0 Å². The quantitative estimate of drug-likeness (QED) is 0.727. The number of hydrogen-bond donors (Lipinski definition) is 2. The summed E-state index contributed by atoms with van der Waals surface area (Å²) in [5.74, 6) is 0.507. The van der Waals surface area contributed by atoms with Gasteiger partial charge in [0.2, 0.25) is 0 Å². The van der Waals surface area contributed by atoms with Gasteiger partial charge in [-0.2, -0.15) is 0 Å². The van der Waals surface area contributed by atoms with Gasteiger partial charge in [0.05, 0.1) is 17.2 Å². The van der Waals surface area contributed by atoms with E-state index >= 15 is 0 Å². The lowest BCUT2D eigenvalue weighted by Gasteiger charge is -2.10. The van der Waals surface area contributed by atoms with Crippen molar-refractivity contribution in [3.8, 4) is 0 Å². The standard InChI is InChI=1S/C14H18N4O4S/c1-21-8-11-7-13(17-14(16-11)9-22-2)18-23(19,20)12-5-3-10(15)4-6-12/h3-7H,8-9,15H2,1-2H3,(H,16,17,18). The van der Waals surface area contributed by atoms with E-state index in [2.05, 4.69) is 14.7 Å². The molecule has 0 amide bonds. The minimum absolute atomic E-state index is 0.0897. The molecular formula is C14H18N4O4S. The van der Waals surface area contributed by atoms with Gasteiger partial charge < -0.3 is 15.2 Å². The first-order chi connectivity index (χ1) is 10.9. The molecule has 1 heterocycles. The zero-order chi connectivity index (χ0) is 16.9. The fourth-order valence-electron chi connectivity index (χ4n) is 1.86. The third-order valence-corrected chi connectivity index (χ3v) is 4.19. The van der Waals surface area contributed by atoms with Crippen LogP contribution >= 0.6 is 0 Å². The van der Waals surface area contributed by atoms with Crippen LogP contribution in [0, 0.1) is 0 Å². The van der Waals surface area contributed by atoms with Crippen LogP contribution in [-0.2, 0) is 32.7 Å². The number of nitrogens with one attached hydrogen (secondary N) is 1. The smallest absolute Gasteiger partial charge is 0.263 e. The molecule has 0 fully saturated rings. The molecule has 0 aliphatic rings. The number of ether oxygens (including phenoxy) is 2. The van der Waals surface area contributed by atoms with Gasteiger partial charge in [0.15, 0.2) is 5.82 Å². The Hall–Kier alpha value is -2.23. The van der Waals surface area contributed by atoms with Crippen molar-refractivity contribution in [2.75, 3.05) is 24.7 Å². The van der Waals surface area contributed by atoms with Crippen LogP contribution in [-0.4, -0.2) is 32.6 Å². The Labute approximate surface area is 134 Å². The summed E-state index contributed by atoms with van der Waals surface area (Å²) in [5.41, 5.74) is 6.59. The molecule has 23 heavy (non-hydrogen) atoms. The molecule has 2 rings (SSSR count). The number of aromatic nitrogens is 2. The van der Waals surface area contributed by atoms with E-state index in [1.54, 1.807) is 0 Å². The van der Waals surface area contributed by atoms with Gasteiger partial charge in [0.1, 0.15) is 12.4 Å². The molecule has 0 bridgehead atoms. The Morgan fingerprint density at radius 1 is 1.09 bits per heavy atom. The molecule has 9 heteroatoms. The van der Waals surface area contributed by atoms with Crippen molar-refractivity contribution in [3.63, 3.8) is 0 Å². The number of hydrogen-bond acceptors (Lipinski definition) is 7. The van der Waals surface area contributed by atoms with E-state index in [1.165, 1.54) is 44.6 Å². The molecule has 3 N–H and O–H groups in total. The highest BCUT2D eigenvalue weighted by molar-refractivity contribution is 7.92. The molecule has 0 spiro atoms. The molecular weight excluding hydrogens is 320 g/mol. The first kappa shape index (κ1) is 17.1. The third kappa shape index (κ3) is 4.62. The second kappa shape index (κ2) is 7.36. The monoisotopic (exact) mass is 338 g/mol. The van der Waals surface area contributed by atoms with Crippen LogP contribution in [0.1, 0.15) is 11.5 Å². The number of sulfonamides is 1. The van der Waals surface area contributed by atoms with Crippen LogP contribution in [0.3, 0.4) is 0 Å². The maximum absolute atomic E-state index is 12.4. The van der Waals surface area contributed by atoms with Gasteiger partial charge in [-0.05, 0) is 24.3 Å². The summed E-state index contributed by atoms with van der Waals surface area (Å²) in [4.78, 5) is 8.43. The lowest BCUT2D eigenvalue weighted by atomic mass is 10.3. The molecule has 1 aromatic carbocycles. The van der Waals surface area contributed by atoms with Crippen molar-refractivity contribution in [2.24, 2.45) is 0 Å². The van der Waals surface area contributed by atoms with Crippen LogP contribution < -0.4 is 10.5 Å². The van der Waals surface area contributed by atoms with Gasteiger partial charge in [-0.1, -0.05) is 0 Å². The maximum Gasteiger partial charge on any atom is 0.263 e. The predicted octanol–water partition coefficient (Wildman–Crippen LogP) is 1.15. The van der Waals surface area contributed by atoms with Crippen LogP contribution in [0.25, 0.3) is 0 Å². The minimum Gasteiger partial charge on any atom is -0.399 e. The molecule has 0 saturated carbocycles. The van der Waals surface area contributed by atoms with E-state index in [1.807, 2.05) is 0 Å². The normalized spacial score (nSPS) is 11.4. The molecule has 0 aliphatic heterocycles. The Morgan fingerprint density at radius 3 is 2.35 bits per heavy atom. The molecule has 2 aromatic rings. The Kier molecular flexibility index (Phi) is 5.48. The third-order valence-electron chi connectivity index (χ3n) is 2.82. The van der Waals surface area contributed by atoms with E-state index < -0.39 is 10.0 Å². The van der Waals surface area contributed by atoms with Crippen LogP contribution in [0.4, 0.5) is 11.5 Å². The summed E-state index contributed by atoms with van der Waals surface area (Å²) in [5, 5.41) is 0. The van der Waals surface area contributed by atoms with Crippen LogP contribution in [0.2, 0.25) is 0 Å². The van der Waals surface area contributed by atoms with Crippen LogP contribution in [0.15, 0.2) is 35.2 Å². The lowest BCUT2D eigenvalue weighted by molar-refractivity contribution is 0.170. The van der Waals surface area contributed by atoms with E-state index in [0.717, 1.165) is 0 Å². The summed E-state index contributed by atoms with van der Waals surface area (Å²) in [7, 11) is -0.742. The Morgan fingerprint density at radius 2 is 1.74 bits per heavy atom. The van der Waals surface area contributed by atoms with E-state index in [0.29, 0.717) is 17.2 Å². The molecule has 0 radical (unpaired) electrons. The molecule has 0 unspecified atom stereocenters. The number of anilines is 2. The molecule has 1 aromatic heterocycles. The molecule has 0 saturated heterocycles. The number of rotatable bonds is 7. The molecule has 0 atom stereocenters. The summed E-state index contributed by atoms with van der Waals surface area (Å²) in [6.45, 7) is 0.393. The second-order valence-electron chi connectivity index (χ2n) is 4.70. The lowest BCUT2D eigenvalue weighted by Crippen LogP contribution is -2.15. The number of nitrogens with zero attached hydrogens (tertiary/aromatic N) is 2. The van der Waals surface area contributed by atoms with Gasteiger partial charge in [-0.25, -0.2) is 18.4 Å². The van der Waals surface area contributed by atoms with Gasteiger partial charge in [0.25, 0.3) is 10.0 Å². The van der Waals surface area contributed by atoms with Gasteiger partial charge in [-0.3, -0.25) is 4.72 Å². The first-order valence-electron chi connectivity index (χ1n) is 6.67. The van der Waals surface area contributed by atoms with Crippen molar-refractivity contribution in [3.05, 3.63) is 41.9 Å². The van der Waals surface area contributed by atoms with Crippen molar-refractivity contribution >= 4 is 21.5 Å². The highest BCUT2D eigenvalue weighted by Gasteiger charge is 2.16. The van der Waals surface area contributed by atoms with Gasteiger partial charge >= 0.3 is 0 Å². The average Bonchev–Trinajstić information content (AvgIpc) is 2.47. The number of nitrogens with two attached hydrogens (primary N) is 1. The van der Waals surface area contributed by atoms with Crippen LogP contribution in [0.5, 0.6) is 0 Å². The van der Waals surface area contributed by atoms with E-state index in [-0.39, 0.29) is 23.9 Å². The van der Waals surface area contributed by atoms with Crippen molar-refractivity contribution in [1.82, 2.24) is 9.97 Å². The highest BCUT2D eigenvalue weighted by atomic mass is 32.2. The number of nitrogen functional groups attached to an aromatic ring is 1. The molecule has 0 aliphatic carbocycles. The molecule has 8 nitrogen and oxygen atoms in total. The van der Waals surface area contributed by atoms with E-state index in [4.69, 9.17) is 15.2 Å². The summed E-state index contributed by atoms with van der Waals surface area (Å²) in [6.07, 6.45) is 0. The zero-order valence-corrected chi connectivity index (χ0v) is 13.6. The topological polar surface area (TPSA) is 116 Å². The van der Waals surface area contributed by atoms with Crippen molar-refractivity contribution < 1.29 is 17.9 Å². The van der Waals surface area contributed by atoms with Crippen molar-refractivity contribution in [2.45, 2.75) is 18.1 Å². The fourth-order valence-corrected chi connectivity index (χ4v) is 2.86. The average molecular weight is 338 g/mol. The largest absolute Gasteiger partial charge is 0.399 e. The zero-order valence-electron chi connectivity index (χ0n) is 12.8. The van der Waals surface area contributed by atoms with E-state index in [9.17, 15) is 8.42 Å². The SMILES string of the molecule is COCc1cc(NS(=O)(=O)c2ccc(N)cc2)nc(COC)n1. The fraction of sp³-hybridized carbons (Fsp3) is 0.286. The number of benzene rings is 1. The summed E-state index contributed by atoms with van der Waals surface area (Å²) < 4.78 is 37.2. The Balaban J connectivity index is 2.31. The maximum atomic E-state index is 12.4. The van der Waals surface area contributed by atoms with Gasteiger partial charge in [-0.15, -0.1) is 0 Å².